The van der Waals surface area contributed by atoms with Crippen LogP contribution in [0.2, 0.25) is 0 Å². The lowest BCUT2D eigenvalue weighted by atomic mass is 10.0. The Balaban J connectivity index is 3.03. The van der Waals surface area contributed by atoms with Crippen molar-refractivity contribution in [3.8, 4) is 0 Å². The molecule has 0 fully saturated rings. The number of rotatable bonds is 16. The summed E-state index contributed by atoms with van der Waals surface area (Å²) in [4.78, 5) is 0.311. The third kappa shape index (κ3) is 17.1. The lowest BCUT2D eigenvalue weighted by molar-refractivity contribution is 0.532. The summed E-state index contributed by atoms with van der Waals surface area (Å²) in [5.74, 6) is 0. The van der Waals surface area contributed by atoms with E-state index in [0.717, 1.165) is 12.8 Å². The second-order valence-corrected chi connectivity index (χ2v) is 7.68. The molecule has 0 aliphatic carbocycles. The average molecular weight is 357 g/mol. The van der Waals surface area contributed by atoms with E-state index >= 15 is 0 Å². The van der Waals surface area contributed by atoms with Crippen LogP contribution in [0.25, 0.3) is 0 Å². The first-order valence-electron chi connectivity index (χ1n) is 9.00. The maximum atomic E-state index is 5.97. The highest BCUT2D eigenvalue weighted by Gasteiger charge is 2.13. The van der Waals surface area contributed by atoms with Crippen LogP contribution in [0.5, 0.6) is 0 Å². The SMILES string of the molecule is CCCCCCCCCCCCCCCCC(Cl)[C](Cl)Cl. The monoisotopic (exact) mass is 355 g/mol. The Hall–Kier alpha value is 0.870. The number of hydrogen-bond acceptors (Lipinski definition) is 0. The molecule has 0 bridgehead atoms. The molecule has 0 rings (SSSR count). The van der Waals surface area contributed by atoms with Crippen molar-refractivity contribution < 1.29 is 0 Å². The second-order valence-electron chi connectivity index (χ2n) is 6.14. The van der Waals surface area contributed by atoms with Gasteiger partial charge in [-0.2, -0.15) is 0 Å². The molecule has 0 heterocycles. The largest absolute Gasteiger partial charge is 0.168 e. The van der Waals surface area contributed by atoms with Crippen molar-refractivity contribution in [2.75, 3.05) is 0 Å². The van der Waals surface area contributed by atoms with Crippen molar-refractivity contribution in [3.63, 3.8) is 0 Å². The van der Waals surface area contributed by atoms with Gasteiger partial charge in [-0.3, -0.25) is 0 Å². The van der Waals surface area contributed by atoms with E-state index in [1.54, 1.807) is 0 Å². The minimum atomic E-state index is -0.161. The van der Waals surface area contributed by atoms with Gasteiger partial charge in [-0.15, -0.1) is 11.6 Å². The summed E-state index contributed by atoms with van der Waals surface area (Å²) in [7, 11) is 0. The van der Waals surface area contributed by atoms with Crippen LogP contribution >= 0.6 is 34.8 Å². The summed E-state index contributed by atoms with van der Waals surface area (Å²) in [5.41, 5.74) is 0. The fraction of sp³-hybridized carbons (Fsp3) is 0.944. The molecule has 127 valence electrons. The van der Waals surface area contributed by atoms with Gasteiger partial charge in [0.25, 0.3) is 0 Å². The van der Waals surface area contributed by atoms with Gasteiger partial charge in [0, 0.05) is 0 Å². The Kier molecular flexibility index (Phi) is 17.9. The Morgan fingerprint density at radius 1 is 0.619 bits per heavy atom. The third-order valence-corrected chi connectivity index (χ3v) is 5.23. The molecule has 1 unspecified atom stereocenters. The van der Waals surface area contributed by atoms with E-state index in [2.05, 4.69) is 6.92 Å². The van der Waals surface area contributed by atoms with E-state index < -0.39 is 0 Å². The van der Waals surface area contributed by atoms with Crippen molar-refractivity contribution in [1.82, 2.24) is 0 Å². The van der Waals surface area contributed by atoms with Gasteiger partial charge in [-0.05, 0) is 6.42 Å². The maximum Gasteiger partial charge on any atom is 0.168 e. The molecule has 0 aromatic rings. The zero-order chi connectivity index (χ0) is 15.8. The van der Waals surface area contributed by atoms with Gasteiger partial charge in [-0.25, -0.2) is 0 Å². The molecular weight excluding hydrogens is 323 g/mol. The Morgan fingerprint density at radius 3 is 1.29 bits per heavy atom. The Morgan fingerprint density at radius 2 is 0.952 bits per heavy atom. The summed E-state index contributed by atoms with van der Waals surface area (Å²) < 4.78 is 0. The van der Waals surface area contributed by atoms with Crippen molar-refractivity contribution in [1.29, 1.82) is 0 Å². The molecule has 1 atom stereocenters. The standard InChI is InChI=1S/C18H34Cl3/c1-2-3-4-5-6-7-8-9-10-11-12-13-14-15-16-17(19)18(20)21/h17H,2-16H2,1H3. The van der Waals surface area contributed by atoms with Gasteiger partial charge in [-0.1, -0.05) is 120 Å². The van der Waals surface area contributed by atoms with Gasteiger partial charge in [0.05, 0.1) is 5.38 Å². The van der Waals surface area contributed by atoms with Gasteiger partial charge < -0.3 is 0 Å². The molecule has 0 saturated heterocycles. The highest BCUT2D eigenvalue weighted by molar-refractivity contribution is 6.56. The smallest absolute Gasteiger partial charge is 0.120 e. The lowest BCUT2D eigenvalue weighted by Crippen LogP contribution is -2.00. The van der Waals surface area contributed by atoms with Crippen LogP contribution < -0.4 is 0 Å². The molecule has 0 spiro atoms. The number of halogens is 3. The lowest BCUT2D eigenvalue weighted by Gasteiger charge is -2.08. The molecule has 0 N–H and O–H groups in total. The zero-order valence-corrected chi connectivity index (χ0v) is 16.1. The third-order valence-electron chi connectivity index (χ3n) is 4.05. The molecule has 0 aromatic carbocycles. The van der Waals surface area contributed by atoms with Crippen LogP contribution in [0.3, 0.4) is 0 Å². The summed E-state index contributed by atoms with van der Waals surface area (Å²) in [6.45, 7) is 2.28. The first-order valence-corrected chi connectivity index (χ1v) is 10.2. The minimum absolute atomic E-state index is 0.161. The minimum Gasteiger partial charge on any atom is -0.120 e. The molecule has 0 amide bonds. The highest BCUT2D eigenvalue weighted by Crippen LogP contribution is 2.26. The van der Waals surface area contributed by atoms with E-state index in [-0.39, 0.29) is 5.38 Å². The first-order chi connectivity index (χ1) is 10.2. The molecule has 0 aromatic heterocycles. The van der Waals surface area contributed by atoms with E-state index in [1.807, 2.05) is 0 Å². The van der Waals surface area contributed by atoms with Crippen LogP contribution in [-0.2, 0) is 0 Å². The fourth-order valence-electron chi connectivity index (χ4n) is 2.63. The van der Waals surface area contributed by atoms with Crippen molar-refractivity contribution in [3.05, 3.63) is 4.84 Å². The van der Waals surface area contributed by atoms with Crippen LogP contribution in [0.1, 0.15) is 103 Å². The van der Waals surface area contributed by atoms with Gasteiger partial charge in [0.15, 0.2) is 4.84 Å². The van der Waals surface area contributed by atoms with E-state index in [4.69, 9.17) is 34.8 Å². The predicted molar refractivity (Wildman–Crippen MR) is 99.5 cm³/mol. The number of alkyl halides is 1. The summed E-state index contributed by atoms with van der Waals surface area (Å²) in [6, 6.07) is 0. The molecule has 0 saturated carbocycles. The molecule has 3 heteroatoms. The Labute approximate surface area is 148 Å². The van der Waals surface area contributed by atoms with Crippen molar-refractivity contribution in [2.45, 2.75) is 109 Å². The number of hydrogen-bond donors (Lipinski definition) is 0. The quantitative estimate of drug-likeness (QED) is 0.192. The summed E-state index contributed by atoms with van der Waals surface area (Å²) in [5, 5.41) is -0.161. The predicted octanol–water partition coefficient (Wildman–Crippen LogP) is 8.43. The normalized spacial score (nSPS) is 13.0. The van der Waals surface area contributed by atoms with Gasteiger partial charge in [0.2, 0.25) is 0 Å². The highest BCUT2D eigenvalue weighted by atomic mass is 35.5. The van der Waals surface area contributed by atoms with E-state index in [0.29, 0.717) is 4.84 Å². The van der Waals surface area contributed by atoms with E-state index in [9.17, 15) is 0 Å². The topological polar surface area (TPSA) is 0 Å². The van der Waals surface area contributed by atoms with Crippen LogP contribution in [0.4, 0.5) is 0 Å². The fourth-order valence-corrected chi connectivity index (χ4v) is 3.00. The summed E-state index contributed by atoms with van der Waals surface area (Å²) in [6.07, 6.45) is 20.2. The maximum absolute atomic E-state index is 5.97. The number of unbranched alkanes of at least 4 members (excludes halogenated alkanes) is 13. The van der Waals surface area contributed by atoms with Crippen LogP contribution in [-0.4, -0.2) is 5.38 Å². The second kappa shape index (κ2) is 17.2. The van der Waals surface area contributed by atoms with Crippen LogP contribution in [0.15, 0.2) is 0 Å². The van der Waals surface area contributed by atoms with Crippen molar-refractivity contribution >= 4 is 34.8 Å². The van der Waals surface area contributed by atoms with E-state index in [1.165, 1.54) is 83.5 Å². The zero-order valence-electron chi connectivity index (χ0n) is 13.8. The Bertz CT molecular complexity index is 195. The summed E-state index contributed by atoms with van der Waals surface area (Å²) >= 11 is 17.2. The molecule has 0 nitrogen and oxygen atoms in total. The average Bonchev–Trinajstić information content (AvgIpc) is 2.47. The van der Waals surface area contributed by atoms with Gasteiger partial charge in [0.1, 0.15) is 0 Å². The molecule has 1 radical (unpaired) electrons. The van der Waals surface area contributed by atoms with Crippen LogP contribution in [0, 0.1) is 4.84 Å². The molecule has 0 aliphatic rings. The molecule has 21 heavy (non-hydrogen) atoms. The molecular formula is C18H34Cl3. The van der Waals surface area contributed by atoms with Crippen molar-refractivity contribution in [2.24, 2.45) is 0 Å². The first kappa shape index (κ1) is 21.9. The van der Waals surface area contributed by atoms with Gasteiger partial charge >= 0.3 is 0 Å². The molecule has 0 aliphatic heterocycles.